The molecule has 8 nitrogen and oxygen atoms in total. The molecule has 0 aliphatic carbocycles. The molecule has 190 valence electrons. The van der Waals surface area contributed by atoms with Crippen LogP contribution in [0.4, 0.5) is 0 Å². The molecular weight excluding hydrogens is 464 g/mol. The minimum Gasteiger partial charge on any atom is -0.478 e. The van der Waals surface area contributed by atoms with Crippen LogP contribution in [0, 0.1) is 10.8 Å². The minimum atomic E-state index is -1.30. The highest BCUT2D eigenvalue weighted by Gasteiger charge is 2.34. The third-order valence-corrected chi connectivity index (χ3v) is 5.44. The maximum atomic E-state index is 13.3. The topological polar surface area (TPSA) is 108 Å². The highest BCUT2D eigenvalue weighted by atomic mass is 17.2. The summed E-state index contributed by atoms with van der Waals surface area (Å²) < 4.78 is 10.8. The molecule has 1 N–H and O–H groups in total. The average Bonchev–Trinajstić information content (AvgIpc) is 3.26. The number of hydrogen-bond donors (Lipinski definition) is 1. The molecule has 0 bridgehead atoms. The molecule has 0 unspecified atom stereocenters. The van der Waals surface area contributed by atoms with Gasteiger partial charge >= 0.3 is 17.9 Å². The van der Waals surface area contributed by atoms with Crippen LogP contribution in [0.1, 0.15) is 67.8 Å². The zero-order valence-electron chi connectivity index (χ0n) is 21.2. The minimum absolute atomic E-state index is 0.172. The number of carboxylic acids is 1. The first kappa shape index (κ1) is 26.5. The van der Waals surface area contributed by atoms with Crippen molar-refractivity contribution in [3.8, 4) is 11.5 Å². The van der Waals surface area contributed by atoms with Crippen LogP contribution in [-0.4, -0.2) is 29.8 Å². The van der Waals surface area contributed by atoms with Crippen molar-refractivity contribution < 1.29 is 38.7 Å². The number of carbonyl (C=O) groups is 3. The van der Waals surface area contributed by atoms with E-state index in [1.165, 1.54) is 24.3 Å². The van der Waals surface area contributed by atoms with Gasteiger partial charge in [0.15, 0.2) is 11.5 Å². The van der Waals surface area contributed by atoms with Gasteiger partial charge in [-0.1, -0.05) is 71.9 Å². The molecule has 1 heterocycles. The van der Waals surface area contributed by atoms with Crippen molar-refractivity contribution in [1.29, 1.82) is 0 Å². The van der Waals surface area contributed by atoms with Crippen molar-refractivity contribution in [3.63, 3.8) is 0 Å². The maximum absolute atomic E-state index is 13.3. The van der Waals surface area contributed by atoms with Crippen LogP contribution in [0.25, 0.3) is 6.08 Å². The summed E-state index contributed by atoms with van der Waals surface area (Å²) in [6.45, 7) is 11.6. The van der Waals surface area contributed by atoms with Gasteiger partial charge in [-0.15, -0.1) is 0 Å². The summed E-state index contributed by atoms with van der Waals surface area (Å²) in [7, 11) is 0. The fourth-order valence-electron chi connectivity index (χ4n) is 3.73. The molecule has 0 atom stereocenters. The number of hydrogen-bond acceptors (Lipinski definition) is 7. The largest absolute Gasteiger partial charge is 0.478 e. The fourth-order valence-corrected chi connectivity index (χ4v) is 3.73. The van der Waals surface area contributed by atoms with E-state index in [9.17, 15) is 19.5 Å². The van der Waals surface area contributed by atoms with Crippen LogP contribution >= 0.6 is 0 Å². The van der Waals surface area contributed by atoms with E-state index in [1.54, 1.807) is 0 Å². The number of benzene rings is 2. The van der Waals surface area contributed by atoms with Crippen LogP contribution in [0.2, 0.25) is 0 Å². The molecule has 8 heteroatoms. The number of ether oxygens (including phenoxy) is 2. The molecule has 0 aromatic heterocycles. The first-order valence-corrected chi connectivity index (χ1v) is 11.4. The molecule has 36 heavy (non-hydrogen) atoms. The summed E-state index contributed by atoms with van der Waals surface area (Å²) in [6.07, 6.45) is 3.69. The summed E-state index contributed by atoms with van der Waals surface area (Å²) in [6, 6.07) is 11.1. The number of rotatable bonds is 5. The smallest absolute Gasteiger partial charge is 0.387 e. The second kappa shape index (κ2) is 10.3. The van der Waals surface area contributed by atoms with Crippen molar-refractivity contribution in [2.75, 3.05) is 6.79 Å². The van der Waals surface area contributed by atoms with Crippen LogP contribution in [0.15, 0.2) is 59.7 Å². The van der Waals surface area contributed by atoms with E-state index in [-0.39, 0.29) is 17.9 Å². The lowest BCUT2D eigenvalue weighted by atomic mass is 9.74. The molecule has 0 saturated carbocycles. The van der Waals surface area contributed by atoms with E-state index < -0.39 is 28.7 Å². The Bertz CT molecular complexity index is 1240. The van der Waals surface area contributed by atoms with Crippen LogP contribution < -0.4 is 9.47 Å². The van der Waals surface area contributed by atoms with Crippen molar-refractivity contribution in [1.82, 2.24) is 0 Å². The third kappa shape index (κ3) is 6.13. The van der Waals surface area contributed by atoms with Gasteiger partial charge in [-0.2, -0.15) is 0 Å². The van der Waals surface area contributed by atoms with E-state index >= 15 is 0 Å². The van der Waals surface area contributed by atoms with Crippen molar-refractivity contribution in [2.45, 2.75) is 41.5 Å². The van der Waals surface area contributed by atoms with E-state index in [1.807, 2.05) is 71.9 Å². The second-order valence-electron chi connectivity index (χ2n) is 10.3. The molecular formula is C28H30O8. The number of carboxylic acid groups (broad SMARTS) is 1. The summed E-state index contributed by atoms with van der Waals surface area (Å²) in [5.41, 5.74) is 0.203. The summed E-state index contributed by atoms with van der Waals surface area (Å²) in [5, 5.41) is 9.31. The lowest BCUT2D eigenvalue weighted by Gasteiger charge is -2.30. The van der Waals surface area contributed by atoms with Gasteiger partial charge < -0.3 is 14.6 Å². The van der Waals surface area contributed by atoms with E-state index in [0.717, 1.165) is 5.56 Å². The molecule has 0 saturated heterocycles. The first-order valence-electron chi connectivity index (χ1n) is 11.4. The van der Waals surface area contributed by atoms with Gasteiger partial charge in [0.1, 0.15) is 0 Å². The van der Waals surface area contributed by atoms with Crippen molar-refractivity contribution >= 4 is 24.0 Å². The molecule has 1 aliphatic rings. The zero-order chi connectivity index (χ0) is 26.7. The number of fused-ring (bicyclic) bond motifs is 1. The highest BCUT2D eigenvalue weighted by Crippen LogP contribution is 2.39. The summed E-state index contributed by atoms with van der Waals surface area (Å²) in [4.78, 5) is 46.9. The Hall–Kier alpha value is -4.07. The normalized spacial score (nSPS) is 13.8. The molecule has 3 rings (SSSR count). The van der Waals surface area contributed by atoms with Crippen LogP contribution in [-0.2, 0) is 14.6 Å². The Morgan fingerprint density at radius 2 is 1.50 bits per heavy atom. The van der Waals surface area contributed by atoms with Gasteiger partial charge in [0.25, 0.3) is 0 Å². The molecule has 2 aromatic rings. The summed E-state index contributed by atoms with van der Waals surface area (Å²) in [5.74, 6) is -1.91. The predicted molar refractivity (Wildman–Crippen MR) is 132 cm³/mol. The first-order chi connectivity index (χ1) is 16.8. The molecule has 1 aliphatic heterocycles. The van der Waals surface area contributed by atoms with Crippen molar-refractivity contribution in [3.05, 3.63) is 76.4 Å². The Kier molecular flexibility index (Phi) is 7.57. The Labute approximate surface area is 210 Å². The van der Waals surface area contributed by atoms with Gasteiger partial charge in [-0.05, 0) is 46.2 Å². The lowest BCUT2D eigenvalue weighted by Crippen LogP contribution is -2.27. The average molecular weight is 495 g/mol. The maximum Gasteiger partial charge on any atom is 0.387 e. The van der Waals surface area contributed by atoms with E-state index in [0.29, 0.717) is 22.6 Å². The standard InChI is InChI=1S/C28H30O8/c1-27(2,3)20(13-11-17-12-14-21-22(15-17)34-16-33-21)23(28(4,5)6)26(32)36-35-25(31)19-10-8-7-9-18(19)24(29)30/h7-15H,16H2,1-6H3,(H,29,30). The van der Waals surface area contributed by atoms with Gasteiger partial charge in [0.05, 0.1) is 16.7 Å². The Balaban J connectivity index is 1.92. The zero-order valence-corrected chi connectivity index (χ0v) is 21.2. The Morgan fingerprint density at radius 1 is 0.861 bits per heavy atom. The van der Waals surface area contributed by atoms with Gasteiger partial charge in [-0.25, -0.2) is 24.2 Å². The predicted octanol–water partition coefficient (Wildman–Crippen LogP) is 5.83. The lowest BCUT2D eigenvalue weighted by molar-refractivity contribution is -0.230. The monoisotopic (exact) mass is 494 g/mol. The van der Waals surface area contributed by atoms with Crippen molar-refractivity contribution in [2.24, 2.45) is 10.8 Å². The number of allylic oxidation sites excluding steroid dienone is 2. The van der Waals surface area contributed by atoms with E-state index in [4.69, 9.17) is 19.2 Å². The third-order valence-electron chi connectivity index (χ3n) is 5.44. The quantitative estimate of drug-likeness (QED) is 0.239. The highest BCUT2D eigenvalue weighted by molar-refractivity contribution is 6.02. The molecule has 2 aromatic carbocycles. The molecule has 0 fully saturated rings. The SMILES string of the molecule is CC(C)(C)C(C=Cc1ccc2c(c1)OCO2)=C(C(=O)OOC(=O)c1ccccc1C(=O)O)C(C)(C)C. The number of carbonyl (C=O) groups excluding carboxylic acids is 2. The Morgan fingerprint density at radius 3 is 2.11 bits per heavy atom. The fraction of sp³-hybridized carbons (Fsp3) is 0.321. The van der Waals surface area contributed by atoms with Gasteiger partial charge in [0, 0.05) is 0 Å². The second-order valence-corrected chi connectivity index (χ2v) is 10.3. The van der Waals surface area contributed by atoms with Gasteiger partial charge in [-0.3, -0.25) is 0 Å². The van der Waals surface area contributed by atoms with Gasteiger partial charge in [0.2, 0.25) is 6.79 Å². The number of aromatic carboxylic acids is 1. The molecule has 0 radical (unpaired) electrons. The van der Waals surface area contributed by atoms with Crippen LogP contribution in [0.3, 0.4) is 0 Å². The van der Waals surface area contributed by atoms with E-state index in [2.05, 4.69) is 0 Å². The summed E-state index contributed by atoms with van der Waals surface area (Å²) >= 11 is 0. The van der Waals surface area contributed by atoms with Crippen LogP contribution in [0.5, 0.6) is 11.5 Å². The molecule has 0 spiro atoms. The molecule has 0 amide bonds.